The van der Waals surface area contributed by atoms with E-state index < -0.39 is 17.2 Å². The summed E-state index contributed by atoms with van der Waals surface area (Å²) in [5, 5.41) is 10.7. The predicted octanol–water partition coefficient (Wildman–Crippen LogP) is 7.96. The molecule has 10 atom stereocenters. The normalized spacial score (nSPS) is 52.1. The minimum absolute atomic E-state index is 0.0124. The standard InChI is InChI=1S/C34H52O5/c1-20-12-15-34(28(35)36)17-16-32(7)22(26(34)21(20)2)10-11-25-30(5)18-23(37-9)27-31(6,19-38-29(3,4)39-27)24(30)13-14-33(25,32)8/h10,20-21,24-26H,11-19H2,1-9H3,(H,35,36)/t20-,21+,24?,25-,26+,30+,31?,32-,33-,34+/m1/s1. The zero-order valence-electron chi connectivity index (χ0n) is 25.9. The number of allylic oxidation sites excluding steroid dienone is 3. The van der Waals surface area contributed by atoms with Crippen molar-refractivity contribution >= 4 is 5.97 Å². The first kappa shape index (κ1) is 27.7. The van der Waals surface area contributed by atoms with E-state index in [-0.39, 0.29) is 27.6 Å². The number of aliphatic carboxylic acids is 1. The first-order valence-electron chi connectivity index (χ1n) is 15.6. The molecule has 2 unspecified atom stereocenters. The van der Waals surface area contributed by atoms with Crippen LogP contribution < -0.4 is 0 Å². The quantitative estimate of drug-likeness (QED) is 0.360. The molecule has 5 heteroatoms. The highest BCUT2D eigenvalue weighted by molar-refractivity contribution is 5.76. The highest BCUT2D eigenvalue weighted by atomic mass is 16.7. The van der Waals surface area contributed by atoms with Gasteiger partial charge in [0.25, 0.3) is 0 Å². The maximum atomic E-state index is 13.0. The van der Waals surface area contributed by atoms with Crippen LogP contribution in [0.2, 0.25) is 0 Å². The van der Waals surface area contributed by atoms with E-state index in [2.05, 4.69) is 47.6 Å². The lowest BCUT2D eigenvalue weighted by Crippen LogP contribution is -2.65. The molecule has 0 radical (unpaired) electrons. The first-order chi connectivity index (χ1) is 18.1. The number of carbonyl (C=O) groups is 1. The molecule has 6 rings (SSSR count). The van der Waals surface area contributed by atoms with Gasteiger partial charge in [-0.05, 0) is 97.7 Å². The van der Waals surface area contributed by atoms with Crippen molar-refractivity contribution in [3.8, 4) is 0 Å². The van der Waals surface area contributed by atoms with Crippen molar-refractivity contribution in [1.29, 1.82) is 0 Å². The van der Waals surface area contributed by atoms with Crippen LogP contribution in [0.3, 0.4) is 0 Å². The summed E-state index contributed by atoms with van der Waals surface area (Å²) in [6.07, 6.45) is 10.4. The van der Waals surface area contributed by atoms with Gasteiger partial charge < -0.3 is 19.3 Å². The summed E-state index contributed by atoms with van der Waals surface area (Å²) in [7, 11) is 1.80. The molecule has 3 saturated carbocycles. The third-order valence-electron chi connectivity index (χ3n) is 14.1. The number of carboxylic acids is 1. The lowest BCUT2D eigenvalue weighted by molar-refractivity contribution is -0.284. The fourth-order valence-corrected chi connectivity index (χ4v) is 11.5. The number of methoxy groups -OCH3 is 1. The maximum absolute atomic E-state index is 13.0. The second-order valence-electron chi connectivity index (χ2n) is 15.9. The summed E-state index contributed by atoms with van der Waals surface area (Å²) in [4.78, 5) is 13.0. The van der Waals surface area contributed by atoms with E-state index in [1.807, 2.05) is 13.8 Å². The Morgan fingerprint density at radius 2 is 1.72 bits per heavy atom. The number of rotatable bonds is 2. The Kier molecular flexibility index (Phi) is 5.88. The molecule has 0 aromatic heterocycles. The second-order valence-corrected chi connectivity index (χ2v) is 15.9. The molecule has 5 nitrogen and oxygen atoms in total. The third-order valence-corrected chi connectivity index (χ3v) is 14.1. The maximum Gasteiger partial charge on any atom is 0.310 e. The number of fused-ring (bicyclic) bond motifs is 9. The molecule has 5 aliphatic carbocycles. The zero-order valence-corrected chi connectivity index (χ0v) is 25.9. The van der Waals surface area contributed by atoms with Gasteiger partial charge in [-0.1, -0.05) is 46.3 Å². The average Bonchev–Trinajstić information content (AvgIpc) is 2.86. The van der Waals surface area contributed by atoms with Gasteiger partial charge in [0.15, 0.2) is 0 Å². The van der Waals surface area contributed by atoms with Crippen molar-refractivity contribution in [2.24, 2.45) is 56.7 Å². The summed E-state index contributed by atoms with van der Waals surface area (Å²) < 4.78 is 19.0. The van der Waals surface area contributed by atoms with Crippen molar-refractivity contribution in [3.63, 3.8) is 0 Å². The smallest absolute Gasteiger partial charge is 0.310 e. The molecular weight excluding hydrogens is 488 g/mol. The van der Waals surface area contributed by atoms with Crippen LogP contribution in [-0.4, -0.2) is 30.6 Å². The SMILES string of the molecule is COC1=C2OC(C)(C)OCC2(C)C2CC[C@]3(C)[C@H](CC=C4[C@@H]5[C@@H](C)[C@H](C)CC[C@]5(C(=O)O)CC[C@]43C)[C@@]2(C)C1. The number of hydrogen-bond donors (Lipinski definition) is 1. The Hall–Kier alpha value is -1.49. The summed E-state index contributed by atoms with van der Waals surface area (Å²) in [5.41, 5.74) is 0.854. The molecule has 0 bridgehead atoms. The van der Waals surface area contributed by atoms with Crippen LogP contribution in [0.25, 0.3) is 0 Å². The number of ether oxygens (including phenoxy) is 3. The molecule has 1 saturated heterocycles. The first-order valence-corrected chi connectivity index (χ1v) is 15.6. The van der Waals surface area contributed by atoms with E-state index in [9.17, 15) is 9.90 Å². The lowest BCUT2D eigenvalue weighted by Gasteiger charge is -2.71. The van der Waals surface area contributed by atoms with Crippen LogP contribution >= 0.6 is 0 Å². The van der Waals surface area contributed by atoms with Gasteiger partial charge in [0, 0.05) is 20.3 Å². The van der Waals surface area contributed by atoms with Crippen LogP contribution in [0, 0.1) is 56.7 Å². The third kappa shape index (κ3) is 3.32. The molecule has 6 aliphatic rings. The minimum Gasteiger partial charge on any atom is -0.498 e. The Morgan fingerprint density at radius 3 is 2.38 bits per heavy atom. The fourth-order valence-electron chi connectivity index (χ4n) is 11.5. The van der Waals surface area contributed by atoms with Crippen molar-refractivity contribution < 1.29 is 24.1 Å². The number of hydrogen-bond acceptors (Lipinski definition) is 4. The summed E-state index contributed by atoms with van der Waals surface area (Å²) in [6.45, 7) is 19.3. The predicted molar refractivity (Wildman–Crippen MR) is 151 cm³/mol. The number of carboxylic acid groups (broad SMARTS) is 1. The van der Waals surface area contributed by atoms with Crippen molar-refractivity contribution in [1.82, 2.24) is 0 Å². The second kappa shape index (κ2) is 8.29. The highest BCUT2D eigenvalue weighted by Gasteiger charge is 2.71. The summed E-state index contributed by atoms with van der Waals surface area (Å²) in [6, 6.07) is 0. The van der Waals surface area contributed by atoms with Crippen LogP contribution in [0.15, 0.2) is 23.2 Å². The Balaban J connectivity index is 1.46. The van der Waals surface area contributed by atoms with Crippen LogP contribution in [-0.2, 0) is 19.0 Å². The molecule has 1 N–H and O–H groups in total. The topological polar surface area (TPSA) is 65.0 Å². The van der Waals surface area contributed by atoms with Crippen molar-refractivity contribution in [3.05, 3.63) is 23.2 Å². The Morgan fingerprint density at radius 1 is 1.00 bits per heavy atom. The summed E-state index contributed by atoms with van der Waals surface area (Å²) >= 11 is 0. The van der Waals surface area contributed by atoms with E-state index >= 15 is 0 Å². The van der Waals surface area contributed by atoms with E-state index in [0.29, 0.717) is 30.3 Å². The lowest BCUT2D eigenvalue weighted by atomic mass is 9.33. The van der Waals surface area contributed by atoms with Gasteiger partial charge in [-0.3, -0.25) is 4.79 Å². The van der Waals surface area contributed by atoms with Gasteiger partial charge in [-0.25, -0.2) is 0 Å². The van der Waals surface area contributed by atoms with Crippen molar-refractivity contribution in [2.75, 3.05) is 13.7 Å². The molecule has 1 heterocycles. The van der Waals surface area contributed by atoms with Gasteiger partial charge in [-0.2, -0.15) is 0 Å². The zero-order chi connectivity index (χ0) is 28.4. The van der Waals surface area contributed by atoms with Gasteiger partial charge in [0.2, 0.25) is 5.79 Å². The van der Waals surface area contributed by atoms with Gasteiger partial charge in [-0.15, -0.1) is 0 Å². The van der Waals surface area contributed by atoms with E-state index in [1.165, 1.54) is 5.57 Å². The van der Waals surface area contributed by atoms with Crippen molar-refractivity contribution in [2.45, 2.75) is 113 Å². The molecule has 39 heavy (non-hydrogen) atoms. The largest absolute Gasteiger partial charge is 0.498 e. The minimum atomic E-state index is -0.641. The van der Waals surface area contributed by atoms with E-state index in [0.717, 1.165) is 62.9 Å². The van der Waals surface area contributed by atoms with E-state index in [4.69, 9.17) is 14.2 Å². The molecule has 0 aromatic carbocycles. The van der Waals surface area contributed by atoms with Crippen LogP contribution in [0.1, 0.15) is 107 Å². The molecule has 0 spiro atoms. The van der Waals surface area contributed by atoms with E-state index in [1.54, 1.807) is 7.11 Å². The van der Waals surface area contributed by atoms with Crippen LogP contribution in [0.5, 0.6) is 0 Å². The molecule has 4 fully saturated rings. The molecule has 1 aliphatic heterocycles. The van der Waals surface area contributed by atoms with Crippen LogP contribution in [0.4, 0.5) is 0 Å². The molecular formula is C34H52O5. The summed E-state index contributed by atoms with van der Waals surface area (Å²) in [5.74, 6) is 2.86. The van der Waals surface area contributed by atoms with Gasteiger partial charge in [0.05, 0.1) is 24.5 Å². The highest BCUT2D eigenvalue weighted by Crippen LogP contribution is 2.76. The Bertz CT molecular complexity index is 1140. The molecule has 0 aromatic rings. The average molecular weight is 541 g/mol. The fraction of sp³-hybridized carbons (Fsp3) is 0.853. The Labute approximate surface area is 236 Å². The monoisotopic (exact) mass is 540 g/mol. The molecule has 0 amide bonds. The molecule has 218 valence electrons. The van der Waals surface area contributed by atoms with Gasteiger partial charge >= 0.3 is 5.97 Å². The van der Waals surface area contributed by atoms with Gasteiger partial charge in [0.1, 0.15) is 11.5 Å².